The predicted octanol–water partition coefficient (Wildman–Crippen LogP) is 2.12. The second-order valence-electron chi connectivity index (χ2n) is 5.66. The molecule has 1 N–H and O–H groups in total. The van der Waals surface area contributed by atoms with Crippen LogP contribution in [0, 0.1) is 13.8 Å². The molecule has 0 saturated carbocycles. The number of aromatic nitrogens is 5. The minimum absolute atomic E-state index is 0.0485. The zero-order valence-corrected chi connectivity index (χ0v) is 14.9. The minimum atomic E-state index is -0.265. The van der Waals surface area contributed by atoms with E-state index >= 15 is 0 Å². The third-order valence-corrected chi connectivity index (χ3v) is 3.79. The van der Waals surface area contributed by atoms with Crippen LogP contribution in [-0.2, 0) is 22.7 Å². The molecule has 0 fully saturated rings. The van der Waals surface area contributed by atoms with Crippen molar-refractivity contribution in [1.29, 1.82) is 0 Å². The number of nitrogens with one attached hydrogen (secondary N) is 1. The number of hydrogen-bond acceptors (Lipinski definition) is 7. The van der Waals surface area contributed by atoms with Gasteiger partial charge in [-0.05, 0) is 32.9 Å². The zero-order valence-electron chi connectivity index (χ0n) is 14.9. The normalized spacial score (nSPS) is 10.9. The topological polar surface area (TPSA) is 108 Å². The molecule has 3 aromatic heterocycles. The predicted molar refractivity (Wildman–Crippen MR) is 93.2 cm³/mol. The van der Waals surface area contributed by atoms with E-state index in [1.165, 1.54) is 0 Å². The summed E-state index contributed by atoms with van der Waals surface area (Å²) in [5, 5.41) is 11.1. The minimum Gasteiger partial charge on any atom is -0.362 e. The highest BCUT2D eigenvalue weighted by atomic mass is 16.5. The molecule has 0 saturated heterocycles. The molecular weight excluding hydrogens is 336 g/mol. The van der Waals surface area contributed by atoms with Gasteiger partial charge in [-0.2, -0.15) is 10.1 Å². The van der Waals surface area contributed by atoms with E-state index in [9.17, 15) is 4.79 Å². The number of ether oxygens (including phenoxy) is 1. The molecule has 0 spiro atoms. The summed E-state index contributed by atoms with van der Waals surface area (Å²) in [5.41, 5.74) is 3.16. The van der Waals surface area contributed by atoms with Crippen molar-refractivity contribution >= 4 is 11.6 Å². The highest BCUT2D eigenvalue weighted by molar-refractivity contribution is 5.92. The lowest BCUT2D eigenvalue weighted by Gasteiger charge is -2.06. The number of aryl methyl sites for hydroxylation is 2. The van der Waals surface area contributed by atoms with Crippen LogP contribution in [0.15, 0.2) is 29.0 Å². The first-order chi connectivity index (χ1) is 12.6. The molecule has 3 aromatic rings. The van der Waals surface area contributed by atoms with Gasteiger partial charge in [0.05, 0.1) is 17.1 Å². The third kappa shape index (κ3) is 3.94. The Morgan fingerprint density at radius 1 is 1.38 bits per heavy atom. The van der Waals surface area contributed by atoms with E-state index in [4.69, 9.17) is 9.26 Å². The largest absolute Gasteiger partial charge is 0.362 e. The van der Waals surface area contributed by atoms with Crippen LogP contribution in [0.1, 0.15) is 24.2 Å². The summed E-state index contributed by atoms with van der Waals surface area (Å²) in [4.78, 5) is 20.3. The fourth-order valence-electron chi connectivity index (χ4n) is 2.52. The maximum atomic E-state index is 12.1. The summed E-state index contributed by atoms with van der Waals surface area (Å²) >= 11 is 0. The Morgan fingerprint density at radius 2 is 2.23 bits per heavy atom. The molecule has 136 valence electrons. The van der Waals surface area contributed by atoms with Gasteiger partial charge in [0, 0.05) is 24.5 Å². The lowest BCUT2D eigenvalue weighted by atomic mass is 10.3. The van der Waals surface area contributed by atoms with E-state index in [1.807, 2.05) is 31.5 Å². The van der Waals surface area contributed by atoms with Gasteiger partial charge in [-0.1, -0.05) is 5.16 Å². The second-order valence-corrected chi connectivity index (χ2v) is 5.66. The third-order valence-electron chi connectivity index (χ3n) is 3.79. The standard InChI is InChI=1S/C17H20N6O3/c1-4-23-12(3)16(11(2)21-23)19-14(24)9-25-10-15-20-17(22-26-15)13-6-5-7-18-8-13/h5-8H,4,9-10H2,1-3H3,(H,19,24). The average molecular weight is 356 g/mol. The van der Waals surface area contributed by atoms with E-state index < -0.39 is 0 Å². The van der Waals surface area contributed by atoms with Crippen molar-refractivity contribution in [3.8, 4) is 11.4 Å². The number of anilines is 1. The summed E-state index contributed by atoms with van der Waals surface area (Å²) in [7, 11) is 0. The highest BCUT2D eigenvalue weighted by Gasteiger charge is 2.14. The van der Waals surface area contributed by atoms with E-state index in [0.717, 1.165) is 29.2 Å². The van der Waals surface area contributed by atoms with Crippen molar-refractivity contribution in [2.24, 2.45) is 0 Å². The summed E-state index contributed by atoms with van der Waals surface area (Å²) in [6, 6.07) is 3.62. The van der Waals surface area contributed by atoms with Crippen LogP contribution in [0.3, 0.4) is 0 Å². The van der Waals surface area contributed by atoms with Gasteiger partial charge in [-0.25, -0.2) is 0 Å². The first-order valence-corrected chi connectivity index (χ1v) is 8.23. The van der Waals surface area contributed by atoms with E-state index in [2.05, 4.69) is 25.5 Å². The van der Waals surface area contributed by atoms with Gasteiger partial charge in [0.25, 0.3) is 5.89 Å². The number of carbonyl (C=O) groups excluding carboxylic acids is 1. The van der Waals surface area contributed by atoms with Crippen LogP contribution in [0.5, 0.6) is 0 Å². The molecule has 9 heteroatoms. The number of carbonyl (C=O) groups is 1. The SMILES string of the molecule is CCn1nc(C)c(NC(=O)COCc2nc(-c3cccnc3)no2)c1C. The van der Waals surface area contributed by atoms with Crippen LogP contribution >= 0.6 is 0 Å². The Morgan fingerprint density at radius 3 is 2.92 bits per heavy atom. The molecule has 0 atom stereocenters. The Balaban J connectivity index is 1.52. The van der Waals surface area contributed by atoms with Gasteiger partial charge >= 0.3 is 0 Å². The molecule has 0 aromatic carbocycles. The van der Waals surface area contributed by atoms with Gasteiger partial charge in [0.2, 0.25) is 11.7 Å². The Bertz CT molecular complexity index is 887. The second kappa shape index (κ2) is 7.87. The van der Waals surface area contributed by atoms with Crippen LogP contribution in [0.25, 0.3) is 11.4 Å². The molecule has 0 aliphatic rings. The Kier molecular flexibility index (Phi) is 5.37. The first-order valence-electron chi connectivity index (χ1n) is 8.23. The molecule has 3 rings (SSSR count). The van der Waals surface area contributed by atoms with Crippen molar-refractivity contribution in [2.45, 2.75) is 33.9 Å². The smallest absolute Gasteiger partial charge is 0.252 e. The number of rotatable bonds is 7. The number of amides is 1. The van der Waals surface area contributed by atoms with E-state index in [1.54, 1.807) is 18.5 Å². The lowest BCUT2D eigenvalue weighted by Crippen LogP contribution is -2.19. The van der Waals surface area contributed by atoms with Gasteiger partial charge in [0.1, 0.15) is 13.2 Å². The van der Waals surface area contributed by atoms with Gasteiger partial charge < -0.3 is 14.6 Å². The Hall–Kier alpha value is -3.07. The van der Waals surface area contributed by atoms with Gasteiger partial charge in [-0.15, -0.1) is 0 Å². The molecule has 1 amide bonds. The van der Waals surface area contributed by atoms with Crippen molar-refractivity contribution in [3.05, 3.63) is 41.8 Å². The molecule has 9 nitrogen and oxygen atoms in total. The van der Waals surface area contributed by atoms with E-state index in [0.29, 0.717) is 11.7 Å². The number of hydrogen-bond donors (Lipinski definition) is 1. The zero-order chi connectivity index (χ0) is 18.5. The van der Waals surface area contributed by atoms with Crippen LogP contribution in [0.4, 0.5) is 5.69 Å². The van der Waals surface area contributed by atoms with Crippen LogP contribution in [-0.4, -0.2) is 37.4 Å². The number of nitrogens with zero attached hydrogens (tertiary/aromatic N) is 5. The van der Waals surface area contributed by atoms with Gasteiger partial charge in [0.15, 0.2) is 0 Å². The molecule has 0 aliphatic carbocycles. The average Bonchev–Trinajstić information content (AvgIpc) is 3.22. The Labute approximate surface area is 150 Å². The van der Waals surface area contributed by atoms with Crippen molar-refractivity contribution in [1.82, 2.24) is 24.9 Å². The highest BCUT2D eigenvalue weighted by Crippen LogP contribution is 2.19. The number of pyridine rings is 1. The fourth-order valence-corrected chi connectivity index (χ4v) is 2.52. The summed E-state index contributed by atoms with van der Waals surface area (Å²) in [6.07, 6.45) is 3.31. The summed E-state index contributed by atoms with van der Waals surface area (Å²) in [5.74, 6) is 0.459. The molecule has 0 unspecified atom stereocenters. The van der Waals surface area contributed by atoms with Crippen molar-refractivity contribution < 1.29 is 14.1 Å². The molecule has 3 heterocycles. The monoisotopic (exact) mass is 356 g/mol. The fraction of sp³-hybridized carbons (Fsp3) is 0.353. The lowest BCUT2D eigenvalue weighted by molar-refractivity contribution is -0.121. The van der Waals surface area contributed by atoms with Crippen LogP contribution < -0.4 is 5.32 Å². The van der Waals surface area contributed by atoms with Crippen LogP contribution in [0.2, 0.25) is 0 Å². The maximum absolute atomic E-state index is 12.1. The molecule has 26 heavy (non-hydrogen) atoms. The first kappa shape index (κ1) is 17.7. The maximum Gasteiger partial charge on any atom is 0.252 e. The molecule has 0 radical (unpaired) electrons. The summed E-state index contributed by atoms with van der Waals surface area (Å²) < 4.78 is 12.3. The summed E-state index contributed by atoms with van der Waals surface area (Å²) in [6.45, 7) is 6.44. The molecule has 0 aliphatic heterocycles. The van der Waals surface area contributed by atoms with Crippen molar-refractivity contribution in [2.75, 3.05) is 11.9 Å². The molecular formula is C17H20N6O3. The van der Waals surface area contributed by atoms with Crippen molar-refractivity contribution in [3.63, 3.8) is 0 Å². The van der Waals surface area contributed by atoms with Gasteiger partial charge in [-0.3, -0.25) is 14.5 Å². The quantitative estimate of drug-likeness (QED) is 0.691. The molecule has 0 bridgehead atoms. The van der Waals surface area contributed by atoms with E-state index in [-0.39, 0.29) is 19.1 Å².